The maximum absolute atomic E-state index is 12.5. The van der Waals surface area contributed by atoms with Gasteiger partial charge in [-0.2, -0.15) is 13.2 Å². The second-order valence-electron chi connectivity index (χ2n) is 3.07. The van der Waals surface area contributed by atoms with E-state index in [1.807, 2.05) is 0 Å². The van der Waals surface area contributed by atoms with Gasteiger partial charge in [-0.15, -0.1) is 0 Å². The Morgan fingerprint density at radius 3 is 2.50 bits per heavy atom. The smallest absolute Gasteiger partial charge is 0.430 e. The van der Waals surface area contributed by atoms with Crippen molar-refractivity contribution < 1.29 is 27.4 Å². The monoisotopic (exact) mass is 213 g/mol. The number of hydrogen-bond acceptors (Lipinski definition) is 3. The first-order valence-corrected chi connectivity index (χ1v) is 4.00. The Labute approximate surface area is 78.1 Å². The van der Waals surface area contributed by atoms with Gasteiger partial charge in [0.1, 0.15) is 0 Å². The number of halogens is 3. The highest BCUT2D eigenvalue weighted by Crippen LogP contribution is 2.39. The number of carbonyl (C=O) groups excluding carboxylic acids is 1. The molecule has 7 heteroatoms. The summed E-state index contributed by atoms with van der Waals surface area (Å²) in [4.78, 5) is 10.4. The SMILES string of the molecule is NC(=O)O[C@@]1(C(F)(F)F)CCCOC1. The minimum atomic E-state index is -4.65. The third-order valence-electron chi connectivity index (χ3n) is 2.02. The van der Waals surface area contributed by atoms with Crippen molar-refractivity contribution in [3.63, 3.8) is 0 Å². The molecule has 0 aliphatic carbocycles. The van der Waals surface area contributed by atoms with Crippen LogP contribution in [0, 0.1) is 0 Å². The molecule has 1 heterocycles. The maximum Gasteiger partial charge on any atom is 0.430 e. The highest BCUT2D eigenvalue weighted by molar-refractivity contribution is 5.65. The molecule has 1 aliphatic heterocycles. The summed E-state index contributed by atoms with van der Waals surface area (Å²) in [5.41, 5.74) is 2.03. The van der Waals surface area contributed by atoms with Crippen molar-refractivity contribution in [1.82, 2.24) is 0 Å². The van der Waals surface area contributed by atoms with Crippen molar-refractivity contribution in [1.29, 1.82) is 0 Å². The fraction of sp³-hybridized carbons (Fsp3) is 0.857. The quantitative estimate of drug-likeness (QED) is 0.711. The lowest BCUT2D eigenvalue weighted by Crippen LogP contribution is -2.55. The molecule has 0 spiro atoms. The van der Waals surface area contributed by atoms with Gasteiger partial charge >= 0.3 is 12.3 Å². The molecular weight excluding hydrogens is 203 g/mol. The molecule has 4 nitrogen and oxygen atoms in total. The zero-order valence-electron chi connectivity index (χ0n) is 7.26. The van der Waals surface area contributed by atoms with Crippen molar-refractivity contribution in [3.8, 4) is 0 Å². The molecule has 82 valence electrons. The molecule has 14 heavy (non-hydrogen) atoms. The van der Waals surface area contributed by atoms with Crippen molar-refractivity contribution in [2.24, 2.45) is 5.73 Å². The molecule has 0 aromatic rings. The highest BCUT2D eigenvalue weighted by atomic mass is 19.4. The number of hydrogen-bond donors (Lipinski definition) is 1. The maximum atomic E-state index is 12.5. The van der Waals surface area contributed by atoms with Crippen LogP contribution in [0.2, 0.25) is 0 Å². The van der Waals surface area contributed by atoms with Crippen LogP contribution in [-0.2, 0) is 9.47 Å². The van der Waals surface area contributed by atoms with Crippen LogP contribution < -0.4 is 5.73 Å². The fourth-order valence-electron chi connectivity index (χ4n) is 1.32. The Balaban J connectivity index is 2.83. The predicted octanol–water partition coefficient (Wildman–Crippen LogP) is 1.19. The van der Waals surface area contributed by atoms with E-state index in [1.165, 1.54) is 0 Å². The van der Waals surface area contributed by atoms with E-state index in [9.17, 15) is 18.0 Å². The van der Waals surface area contributed by atoms with E-state index < -0.39 is 24.5 Å². The van der Waals surface area contributed by atoms with Gasteiger partial charge < -0.3 is 15.2 Å². The molecule has 2 N–H and O–H groups in total. The first-order chi connectivity index (χ1) is 6.37. The van der Waals surface area contributed by atoms with E-state index in [4.69, 9.17) is 0 Å². The van der Waals surface area contributed by atoms with Crippen LogP contribution in [0.5, 0.6) is 0 Å². The molecule has 0 radical (unpaired) electrons. The lowest BCUT2D eigenvalue weighted by Gasteiger charge is -2.36. The van der Waals surface area contributed by atoms with Gasteiger partial charge in [-0.1, -0.05) is 0 Å². The van der Waals surface area contributed by atoms with Gasteiger partial charge in [-0.25, -0.2) is 4.79 Å². The summed E-state index contributed by atoms with van der Waals surface area (Å²) in [6.07, 6.45) is -6.21. The van der Waals surface area contributed by atoms with E-state index in [2.05, 4.69) is 15.2 Å². The molecule has 1 saturated heterocycles. The first kappa shape index (κ1) is 11.1. The predicted molar refractivity (Wildman–Crippen MR) is 39.5 cm³/mol. The normalized spacial score (nSPS) is 28.5. The molecular formula is C7H10F3NO3. The number of alkyl halides is 3. The van der Waals surface area contributed by atoms with Crippen molar-refractivity contribution in [3.05, 3.63) is 0 Å². The molecule has 1 atom stereocenters. The second kappa shape index (κ2) is 3.64. The molecule has 0 saturated carbocycles. The number of amides is 1. The minimum absolute atomic E-state index is 0.187. The summed E-state index contributed by atoms with van der Waals surface area (Å²) in [7, 11) is 0. The molecule has 0 unspecified atom stereocenters. The van der Waals surface area contributed by atoms with Gasteiger partial charge in [-0.3, -0.25) is 0 Å². The number of carbonyl (C=O) groups is 1. The topological polar surface area (TPSA) is 61.6 Å². The Bertz CT molecular complexity index is 223. The highest BCUT2D eigenvalue weighted by Gasteiger charge is 2.59. The molecule has 1 amide bonds. The van der Waals surface area contributed by atoms with Gasteiger partial charge in [-0.05, 0) is 6.42 Å². The van der Waals surface area contributed by atoms with Crippen LogP contribution in [0.25, 0.3) is 0 Å². The molecule has 1 aliphatic rings. The van der Waals surface area contributed by atoms with Gasteiger partial charge in [0, 0.05) is 13.0 Å². The molecule has 1 fully saturated rings. The zero-order valence-corrected chi connectivity index (χ0v) is 7.26. The number of nitrogens with two attached hydrogens (primary N) is 1. The lowest BCUT2D eigenvalue weighted by atomic mass is 9.96. The Morgan fingerprint density at radius 1 is 1.50 bits per heavy atom. The average molecular weight is 213 g/mol. The zero-order chi connectivity index (χ0) is 10.8. The van der Waals surface area contributed by atoms with E-state index in [0.717, 1.165) is 0 Å². The Kier molecular flexibility index (Phi) is 2.89. The molecule has 0 aromatic heterocycles. The third-order valence-corrected chi connectivity index (χ3v) is 2.02. The van der Waals surface area contributed by atoms with Crippen LogP contribution >= 0.6 is 0 Å². The van der Waals surface area contributed by atoms with Gasteiger partial charge in [0.15, 0.2) is 0 Å². The average Bonchev–Trinajstić information content (AvgIpc) is 2.02. The van der Waals surface area contributed by atoms with Crippen LogP contribution in [-0.4, -0.2) is 31.1 Å². The van der Waals surface area contributed by atoms with Crippen LogP contribution in [0.15, 0.2) is 0 Å². The van der Waals surface area contributed by atoms with Crippen molar-refractivity contribution in [2.75, 3.05) is 13.2 Å². The Morgan fingerprint density at radius 2 is 2.14 bits per heavy atom. The summed E-state index contributed by atoms with van der Waals surface area (Å²) < 4.78 is 46.4. The summed E-state index contributed by atoms with van der Waals surface area (Å²) >= 11 is 0. The molecule has 0 aromatic carbocycles. The third kappa shape index (κ3) is 2.09. The first-order valence-electron chi connectivity index (χ1n) is 4.00. The standard InChI is InChI=1S/C7H10F3NO3/c8-7(9,10)6(14-5(11)12)2-1-3-13-4-6/h1-4H2,(H2,11,12)/t6-/m0/s1. The second-order valence-corrected chi connectivity index (χ2v) is 3.07. The largest absolute Gasteiger partial charge is 0.431 e. The molecule has 1 rings (SSSR count). The van der Waals surface area contributed by atoms with E-state index in [1.54, 1.807) is 0 Å². The van der Waals surface area contributed by atoms with Gasteiger partial charge in [0.05, 0.1) is 6.61 Å². The fourth-order valence-corrected chi connectivity index (χ4v) is 1.32. The van der Waals surface area contributed by atoms with Crippen molar-refractivity contribution >= 4 is 6.09 Å². The van der Waals surface area contributed by atoms with Gasteiger partial charge in [0.25, 0.3) is 0 Å². The van der Waals surface area contributed by atoms with E-state index >= 15 is 0 Å². The number of primary amides is 1. The summed E-state index contributed by atoms with van der Waals surface area (Å²) in [5.74, 6) is 0. The lowest BCUT2D eigenvalue weighted by molar-refractivity contribution is -0.284. The summed E-state index contributed by atoms with van der Waals surface area (Å²) in [5, 5.41) is 0. The summed E-state index contributed by atoms with van der Waals surface area (Å²) in [6.45, 7) is -0.445. The van der Waals surface area contributed by atoms with Crippen LogP contribution in [0.4, 0.5) is 18.0 Å². The molecule has 0 bridgehead atoms. The van der Waals surface area contributed by atoms with Crippen LogP contribution in [0.3, 0.4) is 0 Å². The number of rotatable bonds is 1. The van der Waals surface area contributed by atoms with E-state index in [-0.39, 0.29) is 19.4 Å². The van der Waals surface area contributed by atoms with Gasteiger partial charge in [0.2, 0.25) is 5.60 Å². The Hall–Kier alpha value is -0.980. The van der Waals surface area contributed by atoms with Crippen LogP contribution in [0.1, 0.15) is 12.8 Å². The van der Waals surface area contributed by atoms with E-state index in [0.29, 0.717) is 0 Å². The minimum Gasteiger partial charge on any atom is -0.431 e. The number of ether oxygens (including phenoxy) is 2. The van der Waals surface area contributed by atoms with Crippen molar-refractivity contribution in [2.45, 2.75) is 24.6 Å². The summed E-state index contributed by atoms with van der Waals surface area (Å²) in [6, 6.07) is 0.